The van der Waals surface area contributed by atoms with Crippen molar-refractivity contribution in [3.8, 4) is 5.75 Å². The van der Waals surface area contributed by atoms with Gasteiger partial charge in [-0.15, -0.1) is 0 Å². The van der Waals surface area contributed by atoms with Crippen LogP contribution in [0.25, 0.3) is 0 Å². The van der Waals surface area contributed by atoms with Crippen LogP contribution in [0.1, 0.15) is 17.3 Å². The van der Waals surface area contributed by atoms with Crippen molar-refractivity contribution in [2.24, 2.45) is 0 Å². The predicted molar refractivity (Wildman–Crippen MR) is 111 cm³/mol. The van der Waals surface area contributed by atoms with Crippen LogP contribution >= 0.6 is 0 Å². The minimum atomic E-state index is -0.369. The molecule has 6 heteroatoms. The molecule has 0 spiro atoms. The van der Waals surface area contributed by atoms with Crippen molar-refractivity contribution >= 4 is 23.2 Å². The molecule has 1 N–H and O–H groups in total. The number of benzene rings is 3. The molecular formula is C23H21FN2O3. The molecule has 0 bridgehead atoms. The molecule has 29 heavy (non-hydrogen) atoms. The van der Waals surface area contributed by atoms with E-state index in [1.807, 2.05) is 25.1 Å². The molecule has 0 saturated carbocycles. The van der Waals surface area contributed by atoms with Crippen LogP contribution in [0.3, 0.4) is 0 Å². The lowest BCUT2D eigenvalue weighted by Gasteiger charge is -2.21. The highest BCUT2D eigenvalue weighted by atomic mass is 19.1. The maximum atomic E-state index is 13.1. The molecule has 5 nitrogen and oxygen atoms in total. The Bertz CT molecular complexity index is 975. The van der Waals surface area contributed by atoms with Gasteiger partial charge in [-0.25, -0.2) is 4.39 Å². The Morgan fingerprint density at radius 3 is 2.28 bits per heavy atom. The summed E-state index contributed by atoms with van der Waals surface area (Å²) in [7, 11) is 0. The van der Waals surface area contributed by atoms with Crippen LogP contribution in [-0.4, -0.2) is 25.0 Å². The average molecular weight is 392 g/mol. The van der Waals surface area contributed by atoms with Gasteiger partial charge in [0.2, 0.25) is 0 Å². The minimum Gasteiger partial charge on any atom is -0.483 e. The van der Waals surface area contributed by atoms with E-state index in [1.54, 1.807) is 36.4 Å². The minimum absolute atomic E-state index is 0.249. The zero-order valence-electron chi connectivity index (χ0n) is 16.0. The molecule has 2 amide bonds. The lowest BCUT2D eigenvalue weighted by molar-refractivity contribution is -0.120. The van der Waals surface area contributed by atoms with E-state index in [9.17, 15) is 14.0 Å². The van der Waals surface area contributed by atoms with Crippen molar-refractivity contribution in [2.75, 3.05) is 23.4 Å². The number of hydrogen-bond donors (Lipinski definition) is 1. The summed E-state index contributed by atoms with van der Waals surface area (Å²) in [5, 5.41) is 2.80. The zero-order chi connectivity index (χ0) is 20.6. The van der Waals surface area contributed by atoms with E-state index < -0.39 is 0 Å². The number of likely N-dealkylation sites (N-methyl/N-ethyl adjacent to an activating group) is 1. The molecule has 3 aromatic carbocycles. The SMILES string of the molecule is CCN(C(=O)COc1ccccc1C(=O)Nc1ccccc1)c1ccc(F)cc1. The van der Waals surface area contributed by atoms with Crippen molar-refractivity contribution < 1.29 is 18.7 Å². The van der Waals surface area contributed by atoms with Crippen LogP contribution in [0.2, 0.25) is 0 Å². The number of anilines is 2. The van der Waals surface area contributed by atoms with E-state index in [0.717, 1.165) is 0 Å². The number of para-hydroxylation sites is 2. The average Bonchev–Trinajstić information content (AvgIpc) is 2.75. The standard InChI is InChI=1S/C23H21FN2O3/c1-2-26(19-14-12-17(24)13-15-19)22(27)16-29-21-11-7-6-10-20(21)23(28)25-18-8-4-3-5-9-18/h3-15H,2,16H2,1H3,(H,25,28). The largest absolute Gasteiger partial charge is 0.483 e. The van der Waals surface area contributed by atoms with Crippen molar-refractivity contribution in [2.45, 2.75) is 6.92 Å². The number of nitrogens with one attached hydrogen (secondary N) is 1. The van der Waals surface area contributed by atoms with Gasteiger partial charge in [0.05, 0.1) is 5.56 Å². The van der Waals surface area contributed by atoms with Crippen LogP contribution in [0.4, 0.5) is 15.8 Å². The number of amides is 2. The summed E-state index contributed by atoms with van der Waals surface area (Å²) in [6.07, 6.45) is 0. The van der Waals surface area contributed by atoms with Crippen molar-refractivity contribution in [3.05, 3.63) is 90.2 Å². The molecule has 0 heterocycles. The van der Waals surface area contributed by atoms with Gasteiger partial charge in [-0.1, -0.05) is 30.3 Å². The van der Waals surface area contributed by atoms with Gasteiger partial charge in [0.1, 0.15) is 11.6 Å². The van der Waals surface area contributed by atoms with Crippen molar-refractivity contribution in [1.29, 1.82) is 0 Å². The van der Waals surface area contributed by atoms with E-state index in [-0.39, 0.29) is 24.2 Å². The smallest absolute Gasteiger partial charge is 0.264 e. The van der Waals surface area contributed by atoms with Crippen LogP contribution in [-0.2, 0) is 4.79 Å². The van der Waals surface area contributed by atoms with Crippen molar-refractivity contribution in [1.82, 2.24) is 0 Å². The van der Waals surface area contributed by atoms with E-state index in [0.29, 0.717) is 29.2 Å². The Labute approximate surface area is 168 Å². The number of rotatable bonds is 7. The summed E-state index contributed by atoms with van der Waals surface area (Å²) in [6, 6.07) is 21.5. The Morgan fingerprint density at radius 2 is 1.59 bits per heavy atom. The fourth-order valence-corrected chi connectivity index (χ4v) is 2.84. The maximum absolute atomic E-state index is 13.1. The first kappa shape index (κ1) is 20.1. The molecule has 0 aliphatic heterocycles. The van der Waals surface area contributed by atoms with E-state index in [1.165, 1.54) is 29.2 Å². The lowest BCUT2D eigenvalue weighted by Crippen LogP contribution is -2.35. The van der Waals surface area contributed by atoms with E-state index in [2.05, 4.69) is 5.32 Å². The summed E-state index contributed by atoms with van der Waals surface area (Å²) < 4.78 is 18.8. The summed E-state index contributed by atoms with van der Waals surface area (Å²) in [6.45, 7) is 1.98. The molecule has 0 aromatic heterocycles. The number of halogens is 1. The Kier molecular flexibility index (Phi) is 6.58. The van der Waals surface area contributed by atoms with Crippen LogP contribution in [0.5, 0.6) is 5.75 Å². The number of ether oxygens (including phenoxy) is 1. The first-order valence-corrected chi connectivity index (χ1v) is 9.22. The van der Waals surface area contributed by atoms with Gasteiger partial charge < -0.3 is 15.0 Å². The summed E-state index contributed by atoms with van der Waals surface area (Å²) in [5.41, 5.74) is 1.57. The molecule has 148 valence electrons. The zero-order valence-corrected chi connectivity index (χ0v) is 16.0. The van der Waals surface area contributed by atoms with Gasteiger partial charge >= 0.3 is 0 Å². The molecule has 3 aromatic rings. The van der Waals surface area contributed by atoms with Gasteiger partial charge in [0, 0.05) is 17.9 Å². The highest BCUT2D eigenvalue weighted by Gasteiger charge is 2.17. The highest BCUT2D eigenvalue weighted by molar-refractivity contribution is 6.06. The molecule has 0 fully saturated rings. The van der Waals surface area contributed by atoms with Gasteiger partial charge in [-0.05, 0) is 55.5 Å². The highest BCUT2D eigenvalue weighted by Crippen LogP contribution is 2.21. The second-order valence-corrected chi connectivity index (χ2v) is 6.22. The summed E-state index contributed by atoms with van der Waals surface area (Å²) in [4.78, 5) is 26.7. The van der Waals surface area contributed by atoms with E-state index in [4.69, 9.17) is 4.74 Å². The fraction of sp³-hybridized carbons (Fsp3) is 0.130. The van der Waals surface area contributed by atoms with Gasteiger partial charge in [-0.2, -0.15) is 0 Å². The number of hydrogen-bond acceptors (Lipinski definition) is 3. The Balaban J connectivity index is 1.69. The summed E-state index contributed by atoms with van der Waals surface area (Å²) >= 11 is 0. The van der Waals surface area contributed by atoms with Gasteiger partial charge in [0.15, 0.2) is 6.61 Å². The molecule has 0 atom stereocenters. The molecule has 3 rings (SSSR count). The molecule has 0 saturated heterocycles. The maximum Gasteiger partial charge on any atom is 0.264 e. The Hall–Kier alpha value is -3.67. The summed E-state index contributed by atoms with van der Waals surface area (Å²) in [5.74, 6) is -0.682. The molecule has 0 radical (unpaired) electrons. The molecule has 0 unspecified atom stereocenters. The van der Waals surface area contributed by atoms with E-state index >= 15 is 0 Å². The number of carbonyl (C=O) groups is 2. The molecule has 0 aliphatic rings. The monoisotopic (exact) mass is 392 g/mol. The lowest BCUT2D eigenvalue weighted by atomic mass is 10.2. The number of carbonyl (C=O) groups excluding carboxylic acids is 2. The first-order valence-electron chi connectivity index (χ1n) is 9.22. The van der Waals surface area contributed by atoms with Crippen LogP contribution < -0.4 is 15.0 Å². The normalized spacial score (nSPS) is 10.3. The number of nitrogens with zero attached hydrogens (tertiary/aromatic N) is 1. The molecule has 0 aliphatic carbocycles. The van der Waals surface area contributed by atoms with Crippen LogP contribution in [0, 0.1) is 5.82 Å². The van der Waals surface area contributed by atoms with Crippen LogP contribution in [0.15, 0.2) is 78.9 Å². The first-order chi connectivity index (χ1) is 14.1. The predicted octanol–water partition coefficient (Wildman–Crippen LogP) is 4.51. The fourth-order valence-electron chi connectivity index (χ4n) is 2.84. The quantitative estimate of drug-likeness (QED) is 0.644. The third-order valence-corrected chi connectivity index (χ3v) is 4.27. The second-order valence-electron chi connectivity index (χ2n) is 6.22. The molecular weight excluding hydrogens is 371 g/mol. The third kappa shape index (κ3) is 5.19. The second kappa shape index (κ2) is 9.50. The van der Waals surface area contributed by atoms with Gasteiger partial charge in [0.25, 0.3) is 11.8 Å². The topological polar surface area (TPSA) is 58.6 Å². The van der Waals surface area contributed by atoms with Crippen molar-refractivity contribution in [3.63, 3.8) is 0 Å². The van der Waals surface area contributed by atoms with Gasteiger partial charge in [-0.3, -0.25) is 9.59 Å². The third-order valence-electron chi connectivity index (χ3n) is 4.27. The Morgan fingerprint density at radius 1 is 0.931 bits per heavy atom.